The van der Waals surface area contributed by atoms with Crippen LogP contribution in [0.5, 0.6) is 0 Å². The molecule has 1 fully saturated rings. The van der Waals surface area contributed by atoms with E-state index >= 15 is 0 Å². The van der Waals surface area contributed by atoms with Crippen molar-refractivity contribution in [2.75, 3.05) is 12.4 Å². The van der Waals surface area contributed by atoms with E-state index in [-0.39, 0.29) is 11.2 Å². The van der Waals surface area contributed by atoms with Gasteiger partial charge in [0.1, 0.15) is 0 Å². The van der Waals surface area contributed by atoms with E-state index in [1.807, 2.05) is 30.3 Å². The van der Waals surface area contributed by atoms with Crippen LogP contribution >= 0.6 is 11.8 Å². The van der Waals surface area contributed by atoms with Crippen molar-refractivity contribution in [1.29, 1.82) is 0 Å². The van der Waals surface area contributed by atoms with Gasteiger partial charge in [-0.3, -0.25) is 4.79 Å². The molecule has 1 aliphatic heterocycles. The van der Waals surface area contributed by atoms with Crippen LogP contribution in [-0.4, -0.2) is 27.4 Å². The van der Waals surface area contributed by atoms with Crippen LogP contribution in [0.3, 0.4) is 0 Å². The predicted molar refractivity (Wildman–Crippen MR) is 84.3 cm³/mol. The summed E-state index contributed by atoms with van der Waals surface area (Å²) in [5.41, 5.74) is 1.85. The maximum atomic E-state index is 12.0. The number of carbonyl (C=O) groups is 1. The molecule has 1 amide bonds. The molecule has 2 heterocycles. The van der Waals surface area contributed by atoms with Crippen LogP contribution in [0.15, 0.2) is 41.7 Å². The number of nitrogen functional groups attached to an aromatic ring is 1. The number of rotatable bonds is 3. The van der Waals surface area contributed by atoms with Crippen LogP contribution < -0.4 is 11.2 Å². The average Bonchev–Trinajstić information content (AvgIpc) is 2.74. The lowest BCUT2D eigenvalue weighted by molar-refractivity contribution is -0.120. The van der Waals surface area contributed by atoms with Gasteiger partial charge in [0.25, 0.3) is 0 Å². The third-order valence-corrected chi connectivity index (χ3v) is 4.75. The smallest absolute Gasteiger partial charge is 0.233 e. The number of hydrogen-bond acceptors (Lipinski definition) is 4. The normalized spacial score (nSPS) is 19.0. The van der Waals surface area contributed by atoms with Crippen molar-refractivity contribution in [3.05, 3.63) is 36.5 Å². The second kappa shape index (κ2) is 6.22. The Labute approximate surface area is 127 Å². The summed E-state index contributed by atoms with van der Waals surface area (Å²) in [6, 6.07) is 9.89. The zero-order valence-electron chi connectivity index (χ0n) is 11.7. The molecule has 6 heteroatoms. The van der Waals surface area contributed by atoms with Gasteiger partial charge in [0.05, 0.1) is 17.1 Å². The lowest BCUT2D eigenvalue weighted by Gasteiger charge is -2.11. The molecule has 5 nitrogen and oxygen atoms in total. The highest BCUT2D eigenvalue weighted by atomic mass is 32.2. The van der Waals surface area contributed by atoms with Gasteiger partial charge in [-0.05, 0) is 12.8 Å². The summed E-state index contributed by atoms with van der Waals surface area (Å²) >= 11 is 1.44. The Morgan fingerprint density at radius 3 is 2.90 bits per heavy atom. The van der Waals surface area contributed by atoms with E-state index < -0.39 is 0 Å². The Balaban J connectivity index is 1.80. The molecule has 21 heavy (non-hydrogen) atoms. The summed E-state index contributed by atoms with van der Waals surface area (Å²) in [5.74, 6) is 6.07. The van der Waals surface area contributed by atoms with Crippen molar-refractivity contribution in [1.82, 2.24) is 15.0 Å². The quantitative estimate of drug-likeness (QED) is 0.851. The molecule has 0 aliphatic carbocycles. The van der Waals surface area contributed by atoms with Crippen LogP contribution in [0.4, 0.5) is 0 Å². The molecule has 1 aromatic carbocycles. The fourth-order valence-corrected chi connectivity index (χ4v) is 3.42. The minimum absolute atomic E-state index is 0.0850. The van der Waals surface area contributed by atoms with Crippen molar-refractivity contribution >= 4 is 17.7 Å². The molecule has 3 rings (SSSR count). The van der Waals surface area contributed by atoms with Gasteiger partial charge in [-0.15, -0.1) is 0 Å². The summed E-state index contributed by atoms with van der Waals surface area (Å²) in [5, 5.41) is 3.50. The molecule has 1 atom stereocenters. The molecule has 0 radical (unpaired) electrons. The number of thioether (sulfide) groups is 1. The van der Waals surface area contributed by atoms with Gasteiger partial charge in [-0.2, -0.15) is 0 Å². The molecular weight excluding hydrogens is 284 g/mol. The number of benzene rings is 1. The number of carbonyl (C=O) groups excluding carboxylic acids is 1. The minimum atomic E-state index is -0.110. The predicted octanol–water partition coefficient (Wildman–Crippen LogP) is 2.02. The van der Waals surface area contributed by atoms with Crippen LogP contribution in [0, 0.1) is 0 Å². The first-order valence-electron chi connectivity index (χ1n) is 7.08. The summed E-state index contributed by atoms with van der Waals surface area (Å²) < 4.78 is 1.51. The van der Waals surface area contributed by atoms with Crippen LogP contribution in [0.2, 0.25) is 0 Å². The summed E-state index contributed by atoms with van der Waals surface area (Å²) in [4.78, 5) is 16.6. The Kier molecular flexibility index (Phi) is 4.15. The molecule has 2 aromatic rings. The first-order valence-corrected chi connectivity index (χ1v) is 7.96. The number of nitrogens with zero attached hydrogens (tertiary/aromatic N) is 2. The second-order valence-corrected chi connectivity index (χ2v) is 6.25. The first-order chi connectivity index (χ1) is 10.2. The van der Waals surface area contributed by atoms with Gasteiger partial charge < -0.3 is 11.2 Å². The van der Waals surface area contributed by atoms with Crippen molar-refractivity contribution in [3.63, 3.8) is 0 Å². The van der Waals surface area contributed by atoms with Gasteiger partial charge >= 0.3 is 0 Å². The summed E-state index contributed by atoms with van der Waals surface area (Å²) in [6.45, 7) is 0.766. The van der Waals surface area contributed by atoms with Crippen LogP contribution in [0.1, 0.15) is 19.3 Å². The van der Waals surface area contributed by atoms with Gasteiger partial charge in [0.2, 0.25) is 5.91 Å². The Morgan fingerprint density at radius 1 is 1.29 bits per heavy atom. The monoisotopic (exact) mass is 302 g/mol. The lowest BCUT2D eigenvalue weighted by atomic mass is 10.2. The fourth-order valence-electron chi connectivity index (χ4n) is 2.36. The van der Waals surface area contributed by atoms with Gasteiger partial charge in [0, 0.05) is 12.1 Å². The third kappa shape index (κ3) is 3.21. The number of amides is 1. The number of aromatic nitrogens is 2. The zero-order chi connectivity index (χ0) is 14.7. The minimum Gasteiger partial charge on any atom is -0.355 e. The maximum absolute atomic E-state index is 12.0. The number of hydrogen-bond donors (Lipinski definition) is 2. The van der Waals surface area contributed by atoms with E-state index in [2.05, 4.69) is 10.3 Å². The Morgan fingerprint density at radius 2 is 2.10 bits per heavy atom. The van der Waals surface area contributed by atoms with Gasteiger partial charge in [0.15, 0.2) is 5.16 Å². The maximum Gasteiger partial charge on any atom is 0.233 e. The van der Waals surface area contributed by atoms with E-state index in [1.165, 1.54) is 16.4 Å². The molecular formula is C15H18N4OS. The lowest BCUT2D eigenvalue weighted by Crippen LogP contribution is -2.31. The molecule has 110 valence electrons. The molecule has 1 aromatic heterocycles. The van der Waals surface area contributed by atoms with Gasteiger partial charge in [-0.1, -0.05) is 48.5 Å². The zero-order valence-corrected chi connectivity index (χ0v) is 12.5. The highest BCUT2D eigenvalue weighted by Gasteiger charge is 2.24. The topological polar surface area (TPSA) is 72.9 Å². The number of nitrogens with two attached hydrogens (primary N) is 1. The number of nitrogens with one attached hydrogen (secondary N) is 1. The molecule has 1 saturated heterocycles. The largest absolute Gasteiger partial charge is 0.355 e. The van der Waals surface area contributed by atoms with Crippen molar-refractivity contribution in [2.24, 2.45) is 0 Å². The van der Waals surface area contributed by atoms with Crippen LogP contribution in [-0.2, 0) is 4.79 Å². The molecule has 1 aliphatic rings. The van der Waals surface area contributed by atoms with Gasteiger partial charge in [-0.25, -0.2) is 9.66 Å². The SMILES string of the molecule is Nn1cc(-c2ccccc2)nc1SC1CCCCNC1=O. The molecule has 1 unspecified atom stereocenters. The van der Waals surface area contributed by atoms with E-state index in [1.54, 1.807) is 6.20 Å². The van der Waals surface area contributed by atoms with E-state index in [9.17, 15) is 4.79 Å². The highest BCUT2D eigenvalue weighted by Crippen LogP contribution is 2.29. The summed E-state index contributed by atoms with van der Waals surface area (Å²) in [6.07, 6.45) is 4.75. The van der Waals surface area contributed by atoms with E-state index in [4.69, 9.17) is 5.84 Å². The molecule has 0 saturated carbocycles. The summed E-state index contributed by atoms with van der Waals surface area (Å²) in [7, 11) is 0. The fraction of sp³-hybridized carbons (Fsp3) is 0.333. The molecule has 0 bridgehead atoms. The van der Waals surface area contributed by atoms with Crippen molar-refractivity contribution in [2.45, 2.75) is 29.7 Å². The van der Waals surface area contributed by atoms with Crippen molar-refractivity contribution in [3.8, 4) is 11.3 Å². The van der Waals surface area contributed by atoms with Crippen molar-refractivity contribution < 1.29 is 4.79 Å². The van der Waals surface area contributed by atoms with E-state index in [0.29, 0.717) is 5.16 Å². The number of imidazole rings is 1. The Bertz CT molecular complexity index is 626. The van der Waals surface area contributed by atoms with Crippen LogP contribution in [0.25, 0.3) is 11.3 Å². The van der Waals surface area contributed by atoms with E-state index in [0.717, 1.165) is 37.1 Å². The second-order valence-electron chi connectivity index (χ2n) is 5.08. The average molecular weight is 302 g/mol. The molecule has 3 N–H and O–H groups in total. The Hall–Kier alpha value is -1.95. The molecule has 0 spiro atoms. The first kappa shape index (κ1) is 14.0. The third-order valence-electron chi connectivity index (χ3n) is 3.50. The highest BCUT2D eigenvalue weighted by molar-refractivity contribution is 8.00. The standard InChI is InChI=1S/C15H18N4OS/c16-19-10-12(11-6-2-1-3-7-11)18-15(19)21-13-8-4-5-9-17-14(13)20/h1-3,6-7,10,13H,4-5,8-9,16H2,(H,17,20).